The Balaban J connectivity index is 1.62. The fourth-order valence-corrected chi connectivity index (χ4v) is 4.29. The Kier molecular flexibility index (Phi) is 4.10. The Morgan fingerprint density at radius 2 is 2.16 bits per heavy atom. The van der Waals surface area contributed by atoms with Gasteiger partial charge in [-0.3, -0.25) is 15.5 Å². The van der Waals surface area contributed by atoms with Crippen LogP contribution in [0.1, 0.15) is 28.8 Å². The summed E-state index contributed by atoms with van der Waals surface area (Å²) in [7, 11) is 0. The number of hydrogen-bond donors (Lipinski definition) is 1. The standard InChI is InChI=1S/C17H15N5O2S/c23-22(24)12-5-3-4-11(8-12)9-20-21-16-15-13-6-1-2-7-14(13)25-17(15)19-10-18-16/h3-5,8-10H,1-2,6-7H2,(H,18,19,21)/b20-9-. The van der Waals surface area contributed by atoms with E-state index in [4.69, 9.17) is 0 Å². The average molecular weight is 353 g/mol. The van der Waals surface area contributed by atoms with Crippen LogP contribution in [-0.4, -0.2) is 21.1 Å². The molecule has 4 rings (SSSR count). The molecule has 0 aliphatic heterocycles. The van der Waals surface area contributed by atoms with E-state index in [2.05, 4.69) is 20.5 Å². The van der Waals surface area contributed by atoms with E-state index < -0.39 is 4.92 Å². The molecule has 7 nitrogen and oxygen atoms in total. The Hall–Kier alpha value is -2.87. The topological polar surface area (TPSA) is 93.3 Å². The predicted octanol–water partition coefficient (Wildman–Crippen LogP) is 3.92. The van der Waals surface area contributed by atoms with Gasteiger partial charge in [-0.15, -0.1) is 11.3 Å². The Labute approximate surface area is 147 Å². The number of anilines is 1. The quantitative estimate of drug-likeness (QED) is 0.436. The summed E-state index contributed by atoms with van der Waals surface area (Å²) in [6, 6.07) is 6.33. The molecule has 0 amide bonds. The minimum absolute atomic E-state index is 0.0419. The molecule has 0 saturated carbocycles. The molecule has 0 spiro atoms. The van der Waals surface area contributed by atoms with Crippen molar-refractivity contribution >= 4 is 39.3 Å². The largest absolute Gasteiger partial charge is 0.270 e. The molecule has 1 aliphatic carbocycles. The van der Waals surface area contributed by atoms with Gasteiger partial charge in [0.25, 0.3) is 5.69 Å². The number of hydrazone groups is 1. The first-order valence-corrected chi connectivity index (χ1v) is 8.83. The van der Waals surface area contributed by atoms with E-state index in [1.54, 1.807) is 29.7 Å². The molecular weight excluding hydrogens is 338 g/mol. The SMILES string of the molecule is O=[N+]([O-])c1cccc(/C=N\Nc2ncnc3sc4c(c23)CCCC4)c1. The first-order chi connectivity index (χ1) is 12.2. The van der Waals surface area contributed by atoms with Crippen LogP contribution in [0.5, 0.6) is 0 Å². The Morgan fingerprint density at radius 1 is 1.28 bits per heavy atom. The molecule has 0 bridgehead atoms. The molecule has 2 heterocycles. The highest BCUT2D eigenvalue weighted by molar-refractivity contribution is 7.19. The third kappa shape index (κ3) is 3.08. The smallest absolute Gasteiger partial charge is 0.261 e. The number of hydrogen-bond acceptors (Lipinski definition) is 7. The zero-order chi connectivity index (χ0) is 17.2. The number of non-ortho nitro benzene ring substituents is 1. The van der Waals surface area contributed by atoms with Crippen molar-refractivity contribution in [1.82, 2.24) is 9.97 Å². The molecule has 126 valence electrons. The number of aryl methyl sites for hydroxylation is 2. The lowest BCUT2D eigenvalue weighted by Crippen LogP contribution is -2.01. The second kappa shape index (κ2) is 6.56. The van der Waals surface area contributed by atoms with Crippen molar-refractivity contribution < 1.29 is 4.92 Å². The summed E-state index contributed by atoms with van der Waals surface area (Å²) in [4.78, 5) is 21.5. The summed E-state index contributed by atoms with van der Waals surface area (Å²) in [5.74, 6) is 0.686. The lowest BCUT2D eigenvalue weighted by atomic mass is 9.97. The third-order valence-electron chi connectivity index (χ3n) is 4.22. The second-order valence-electron chi connectivity index (χ2n) is 5.84. The minimum atomic E-state index is -0.420. The van der Waals surface area contributed by atoms with E-state index in [0.717, 1.165) is 23.1 Å². The fourth-order valence-electron chi connectivity index (χ4n) is 3.06. The van der Waals surface area contributed by atoms with Crippen molar-refractivity contribution in [3.8, 4) is 0 Å². The van der Waals surface area contributed by atoms with Gasteiger partial charge in [-0.2, -0.15) is 5.10 Å². The van der Waals surface area contributed by atoms with Gasteiger partial charge in [0.2, 0.25) is 0 Å². The van der Waals surface area contributed by atoms with Crippen LogP contribution in [-0.2, 0) is 12.8 Å². The van der Waals surface area contributed by atoms with Gasteiger partial charge in [-0.25, -0.2) is 9.97 Å². The molecule has 0 saturated heterocycles. The maximum absolute atomic E-state index is 10.8. The van der Waals surface area contributed by atoms with Gasteiger partial charge in [-0.05, 0) is 31.2 Å². The van der Waals surface area contributed by atoms with Gasteiger partial charge < -0.3 is 0 Å². The highest BCUT2D eigenvalue weighted by atomic mass is 32.1. The van der Waals surface area contributed by atoms with Crippen LogP contribution in [0.4, 0.5) is 11.5 Å². The molecule has 1 aromatic carbocycles. The van der Waals surface area contributed by atoms with E-state index in [-0.39, 0.29) is 5.69 Å². The van der Waals surface area contributed by atoms with Crippen LogP contribution in [0.25, 0.3) is 10.2 Å². The summed E-state index contributed by atoms with van der Waals surface area (Å²) >= 11 is 1.73. The van der Waals surface area contributed by atoms with E-state index in [9.17, 15) is 10.1 Å². The van der Waals surface area contributed by atoms with Crippen LogP contribution < -0.4 is 5.43 Å². The van der Waals surface area contributed by atoms with E-state index in [1.807, 2.05) is 0 Å². The third-order valence-corrected chi connectivity index (χ3v) is 5.42. The van der Waals surface area contributed by atoms with Gasteiger partial charge in [0.1, 0.15) is 11.2 Å². The molecule has 0 atom stereocenters. The molecule has 25 heavy (non-hydrogen) atoms. The minimum Gasteiger partial charge on any atom is -0.261 e. The fraction of sp³-hybridized carbons (Fsp3) is 0.235. The van der Waals surface area contributed by atoms with Crippen molar-refractivity contribution in [2.24, 2.45) is 5.10 Å². The van der Waals surface area contributed by atoms with Gasteiger partial charge in [0.05, 0.1) is 16.5 Å². The normalized spacial score (nSPS) is 13.9. The molecule has 3 aromatic rings. The van der Waals surface area contributed by atoms with Crippen LogP contribution in [0, 0.1) is 10.1 Å². The molecule has 0 radical (unpaired) electrons. The number of fused-ring (bicyclic) bond motifs is 3. The number of nitrogens with zero attached hydrogens (tertiary/aromatic N) is 4. The highest BCUT2D eigenvalue weighted by Crippen LogP contribution is 2.38. The number of aromatic nitrogens is 2. The molecule has 8 heteroatoms. The summed E-state index contributed by atoms with van der Waals surface area (Å²) in [5.41, 5.74) is 5.00. The lowest BCUT2D eigenvalue weighted by molar-refractivity contribution is -0.384. The predicted molar refractivity (Wildman–Crippen MR) is 98.4 cm³/mol. The second-order valence-corrected chi connectivity index (χ2v) is 6.92. The average Bonchev–Trinajstić information content (AvgIpc) is 3.01. The summed E-state index contributed by atoms with van der Waals surface area (Å²) in [6.45, 7) is 0. The van der Waals surface area contributed by atoms with Crippen LogP contribution in [0.15, 0.2) is 35.7 Å². The molecule has 0 unspecified atom stereocenters. The summed E-state index contributed by atoms with van der Waals surface area (Å²) in [5, 5.41) is 16.1. The van der Waals surface area contributed by atoms with Crippen LogP contribution in [0.3, 0.4) is 0 Å². The number of nitro groups is 1. The van der Waals surface area contributed by atoms with Crippen molar-refractivity contribution in [2.45, 2.75) is 25.7 Å². The van der Waals surface area contributed by atoms with Crippen LogP contribution >= 0.6 is 11.3 Å². The summed E-state index contributed by atoms with van der Waals surface area (Å²) < 4.78 is 0. The van der Waals surface area contributed by atoms with Crippen molar-refractivity contribution in [2.75, 3.05) is 5.43 Å². The lowest BCUT2D eigenvalue weighted by Gasteiger charge is -2.11. The molecule has 0 fully saturated rings. The molecule has 1 aliphatic rings. The highest BCUT2D eigenvalue weighted by Gasteiger charge is 2.19. The number of nitrogens with one attached hydrogen (secondary N) is 1. The zero-order valence-corrected chi connectivity index (χ0v) is 14.1. The molecular formula is C17H15N5O2S. The van der Waals surface area contributed by atoms with E-state index in [1.165, 1.54) is 41.7 Å². The van der Waals surface area contributed by atoms with Crippen LogP contribution in [0.2, 0.25) is 0 Å². The first kappa shape index (κ1) is 15.6. The Bertz CT molecular complexity index is 982. The number of benzene rings is 1. The van der Waals surface area contributed by atoms with Gasteiger partial charge in [-0.1, -0.05) is 12.1 Å². The number of rotatable bonds is 4. The summed E-state index contributed by atoms with van der Waals surface area (Å²) in [6.07, 6.45) is 7.65. The Morgan fingerprint density at radius 3 is 3.04 bits per heavy atom. The maximum atomic E-state index is 10.8. The monoisotopic (exact) mass is 353 g/mol. The molecule has 2 aromatic heterocycles. The maximum Gasteiger partial charge on any atom is 0.270 e. The first-order valence-electron chi connectivity index (χ1n) is 8.01. The van der Waals surface area contributed by atoms with E-state index in [0.29, 0.717) is 11.4 Å². The number of thiophene rings is 1. The molecule has 1 N–H and O–H groups in total. The van der Waals surface area contributed by atoms with Gasteiger partial charge in [0, 0.05) is 22.6 Å². The van der Waals surface area contributed by atoms with Crippen molar-refractivity contribution in [3.05, 3.63) is 56.7 Å². The zero-order valence-electron chi connectivity index (χ0n) is 13.3. The van der Waals surface area contributed by atoms with Gasteiger partial charge in [0.15, 0.2) is 5.82 Å². The number of nitro benzene ring substituents is 1. The van der Waals surface area contributed by atoms with E-state index >= 15 is 0 Å². The van der Waals surface area contributed by atoms with Gasteiger partial charge >= 0.3 is 0 Å². The van der Waals surface area contributed by atoms with Crippen molar-refractivity contribution in [1.29, 1.82) is 0 Å². The van der Waals surface area contributed by atoms with Crippen molar-refractivity contribution in [3.63, 3.8) is 0 Å².